The molecule has 2 aromatic heterocycles. The second-order valence-corrected chi connectivity index (χ2v) is 6.07. The first-order chi connectivity index (χ1) is 11.7. The molecule has 1 N–H and O–H groups in total. The third-order valence-electron chi connectivity index (χ3n) is 3.30. The lowest BCUT2D eigenvalue weighted by atomic mass is 10.2. The second-order valence-electron chi connectivity index (χ2n) is 4.95. The van der Waals surface area contributed by atoms with E-state index in [9.17, 15) is 9.18 Å². The van der Waals surface area contributed by atoms with E-state index in [1.54, 1.807) is 24.4 Å². The van der Waals surface area contributed by atoms with Crippen molar-refractivity contribution in [3.8, 4) is 5.75 Å². The number of thiazole rings is 1. The predicted molar refractivity (Wildman–Crippen MR) is 90.1 cm³/mol. The lowest BCUT2D eigenvalue weighted by Gasteiger charge is -2.07. The molecule has 5 nitrogen and oxygen atoms in total. The number of benzene rings is 1. The summed E-state index contributed by atoms with van der Waals surface area (Å²) in [6.45, 7) is 0. The van der Waals surface area contributed by atoms with E-state index in [4.69, 9.17) is 4.74 Å². The Morgan fingerprint density at radius 1 is 1.25 bits per heavy atom. The van der Waals surface area contributed by atoms with Crippen molar-refractivity contribution in [2.75, 3.05) is 12.4 Å². The van der Waals surface area contributed by atoms with Crippen LogP contribution in [0.2, 0.25) is 0 Å². The van der Waals surface area contributed by atoms with Gasteiger partial charge in [-0.2, -0.15) is 0 Å². The molecule has 0 saturated carbocycles. The van der Waals surface area contributed by atoms with Gasteiger partial charge in [0, 0.05) is 18.7 Å². The highest BCUT2D eigenvalue weighted by molar-refractivity contribution is 7.13. The van der Waals surface area contributed by atoms with Gasteiger partial charge >= 0.3 is 0 Å². The quantitative estimate of drug-likeness (QED) is 0.770. The maximum Gasteiger partial charge on any atom is 0.267 e. The van der Waals surface area contributed by atoms with Crippen molar-refractivity contribution >= 4 is 22.9 Å². The summed E-state index contributed by atoms with van der Waals surface area (Å²) in [5.41, 5.74) is 1.44. The number of aromatic nitrogens is 2. The van der Waals surface area contributed by atoms with Crippen molar-refractivity contribution in [3.05, 3.63) is 70.2 Å². The van der Waals surface area contributed by atoms with Gasteiger partial charge in [-0.15, -0.1) is 11.3 Å². The van der Waals surface area contributed by atoms with E-state index in [1.165, 1.54) is 43.0 Å². The number of amides is 1. The molecule has 0 fully saturated rings. The Bertz CT molecular complexity index is 849. The summed E-state index contributed by atoms with van der Waals surface area (Å²) in [4.78, 5) is 21.0. The molecule has 122 valence electrons. The van der Waals surface area contributed by atoms with E-state index in [-0.39, 0.29) is 11.7 Å². The van der Waals surface area contributed by atoms with Crippen molar-refractivity contribution in [2.45, 2.75) is 6.42 Å². The number of nitrogens with one attached hydrogen (secondary N) is 1. The SMILES string of the molecule is COc1ccncc1NC(=O)c1cnc(Cc2ccc(F)cc2)s1. The molecule has 0 aliphatic rings. The molecule has 3 aromatic rings. The number of rotatable bonds is 5. The Morgan fingerprint density at radius 3 is 2.79 bits per heavy atom. The maximum absolute atomic E-state index is 12.9. The molecule has 1 amide bonds. The van der Waals surface area contributed by atoms with Crippen LogP contribution in [0.5, 0.6) is 5.75 Å². The molecule has 0 saturated heterocycles. The lowest BCUT2D eigenvalue weighted by molar-refractivity contribution is 0.103. The van der Waals surface area contributed by atoms with E-state index in [0.717, 1.165) is 10.6 Å². The smallest absolute Gasteiger partial charge is 0.267 e. The number of halogens is 1. The van der Waals surface area contributed by atoms with E-state index in [1.807, 2.05) is 0 Å². The van der Waals surface area contributed by atoms with Gasteiger partial charge in [0.25, 0.3) is 5.91 Å². The van der Waals surface area contributed by atoms with Crippen molar-refractivity contribution in [1.82, 2.24) is 9.97 Å². The first-order valence-electron chi connectivity index (χ1n) is 7.14. The summed E-state index contributed by atoms with van der Waals surface area (Å²) >= 11 is 1.29. The van der Waals surface area contributed by atoms with Crippen LogP contribution in [-0.2, 0) is 6.42 Å². The minimum Gasteiger partial charge on any atom is -0.494 e. The van der Waals surface area contributed by atoms with Gasteiger partial charge in [0.05, 0.1) is 24.5 Å². The maximum atomic E-state index is 12.9. The molecule has 0 aliphatic heterocycles. The molecular weight excluding hydrogens is 329 g/mol. The molecule has 0 atom stereocenters. The average Bonchev–Trinajstić information content (AvgIpc) is 3.06. The number of carbonyl (C=O) groups excluding carboxylic acids is 1. The van der Waals surface area contributed by atoms with Crippen LogP contribution in [-0.4, -0.2) is 23.0 Å². The normalized spacial score (nSPS) is 10.4. The first kappa shape index (κ1) is 16.1. The van der Waals surface area contributed by atoms with Gasteiger partial charge in [0.2, 0.25) is 0 Å². The summed E-state index contributed by atoms with van der Waals surface area (Å²) in [5.74, 6) is -0.0121. The highest BCUT2D eigenvalue weighted by atomic mass is 32.1. The topological polar surface area (TPSA) is 64.1 Å². The summed E-state index contributed by atoms with van der Waals surface area (Å²) in [6, 6.07) is 7.90. The van der Waals surface area contributed by atoms with Crippen molar-refractivity contribution in [3.63, 3.8) is 0 Å². The van der Waals surface area contributed by atoms with Gasteiger partial charge < -0.3 is 10.1 Å². The zero-order valence-electron chi connectivity index (χ0n) is 12.8. The summed E-state index contributed by atoms with van der Waals surface area (Å²) in [6.07, 6.45) is 5.19. The molecule has 0 spiro atoms. The Morgan fingerprint density at radius 2 is 2.04 bits per heavy atom. The Balaban J connectivity index is 1.70. The van der Waals surface area contributed by atoms with Gasteiger partial charge in [-0.25, -0.2) is 9.37 Å². The molecule has 0 bridgehead atoms. The highest BCUT2D eigenvalue weighted by Crippen LogP contribution is 2.24. The molecule has 7 heteroatoms. The van der Waals surface area contributed by atoms with Crippen LogP contribution >= 0.6 is 11.3 Å². The Hall–Kier alpha value is -2.80. The van der Waals surface area contributed by atoms with Crippen molar-refractivity contribution < 1.29 is 13.9 Å². The second kappa shape index (κ2) is 7.18. The molecule has 24 heavy (non-hydrogen) atoms. The van der Waals surface area contributed by atoms with E-state index in [2.05, 4.69) is 15.3 Å². The number of methoxy groups -OCH3 is 1. The van der Waals surface area contributed by atoms with Gasteiger partial charge in [-0.3, -0.25) is 9.78 Å². The highest BCUT2D eigenvalue weighted by Gasteiger charge is 2.13. The van der Waals surface area contributed by atoms with Crippen LogP contribution in [0.1, 0.15) is 20.2 Å². The van der Waals surface area contributed by atoms with E-state index < -0.39 is 0 Å². The van der Waals surface area contributed by atoms with Crippen LogP contribution in [0, 0.1) is 5.82 Å². The fourth-order valence-corrected chi connectivity index (χ4v) is 2.96. The van der Waals surface area contributed by atoms with Gasteiger partial charge in [-0.05, 0) is 17.7 Å². The number of nitrogens with zero attached hydrogens (tertiary/aromatic N) is 2. The fraction of sp³-hybridized carbons (Fsp3) is 0.118. The minimum absolute atomic E-state index is 0.274. The number of pyridine rings is 1. The molecule has 2 heterocycles. The number of anilines is 1. The number of carbonyl (C=O) groups is 1. The molecule has 1 aromatic carbocycles. The number of hydrogen-bond donors (Lipinski definition) is 1. The van der Waals surface area contributed by atoms with Crippen molar-refractivity contribution in [2.24, 2.45) is 0 Å². The summed E-state index contributed by atoms with van der Waals surface area (Å²) in [7, 11) is 1.53. The third kappa shape index (κ3) is 3.75. The average molecular weight is 343 g/mol. The summed E-state index contributed by atoms with van der Waals surface area (Å²) < 4.78 is 18.1. The van der Waals surface area contributed by atoms with Crippen LogP contribution < -0.4 is 10.1 Å². The monoisotopic (exact) mass is 343 g/mol. The Labute approximate surface area is 142 Å². The predicted octanol–water partition coefficient (Wildman–Crippen LogP) is 3.53. The van der Waals surface area contributed by atoms with Crippen molar-refractivity contribution in [1.29, 1.82) is 0 Å². The molecular formula is C17H14FN3O2S. The Kier molecular flexibility index (Phi) is 4.81. The fourth-order valence-electron chi connectivity index (χ4n) is 2.11. The molecule has 0 unspecified atom stereocenters. The van der Waals surface area contributed by atoms with E-state index >= 15 is 0 Å². The summed E-state index contributed by atoms with van der Waals surface area (Å²) in [5, 5.41) is 3.54. The van der Waals surface area contributed by atoms with Crippen LogP contribution in [0.15, 0.2) is 48.9 Å². The lowest BCUT2D eigenvalue weighted by Crippen LogP contribution is -2.11. The van der Waals surface area contributed by atoms with Crippen LogP contribution in [0.25, 0.3) is 0 Å². The standard InChI is InChI=1S/C17H14FN3O2S/c1-23-14-6-7-19-9-13(14)21-17(22)15-10-20-16(24-15)8-11-2-4-12(18)5-3-11/h2-7,9-10H,8H2,1H3,(H,21,22). The zero-order chi connectivity index (χ0) is 16.9. The van der Waals surface area contributed by atoms with Crippen LogP contribution in [0.3, 0.4) is 0 Å². The number of ether oxygens (including phenoxy) is 1. The third-order valence-corrected chi connectivity index (χ3v) is 4.29. The zero-order valence-corrected chi connectivity index (χ0v) is 13.6. The number of hydrogen-bond acceptors (Lipinski definition) is 5. The van der Waals surface area contributed by atoms with Gasteiger partial charge in [0.15, 0.2) is 0 Å². The molecule has 0 aliphatic carbocycles. The van der Waals surface area contributed by atoms with Gasteiger partial charge in [-0.1, -0.05) is 12.1 Å². The molecule has 3 rings (SSSR count). The minimum atomic E-state index is -0.275. The van der Waals surface area contributed by atoms with Gasteiger partial charge in [0.1, 0.15) is 22.1 Å². The largest absolute Gasteiger partial charge is 0.494 e. The van der Waals surface area contributed by atoms with E-state index in [0.29, 0.717) is 22.7 Å². The van der Waals surface area contributed by atoms with Crippen LogP contribution in [0.4, 0.5) is 10.1 Å². The molecule has 0 radical (unpaired) electrons. The first-order valence-corrected chi connectivity index (χ1v) is 7.96.